The number of halogens is 3. The fraction of sp³-hybridized carbons (Fsp3) is 0.0870. The van der Waals surface area contributed by atoms with E-state index in [-0.39, 0.29) is 26.9 Å². The summed E-state index contributed by atoms with van der Waals surface area (Å²) < 4.78 is 6.11. The summed E-state index contributed by atoms with van der Waals surface area (Å²) in [5, 5.41) is 14.4. The van der Waals surface area contributed by atoms with E-state index in [4.69, 9.17) is 39.5 Å². The minimum atomic E-state index is -0.904. The van der Waals surface area contributed by atoms with Gasteiger partial charge in [0.25, 0.3) is 5.78 Å². The number of carbonyl (C=O) groups is 2. The maximum Gasteiger partial charge on any atom is 0.301 e. The Labute approximate surface area is 216 Å². The second-order valence-corrected chi connectivity index (χ2v) is 10.5. The number of hydrogen-bond donors (Lipinski definition) is 1. The van der Waals surface area contributed by atoms with Gasteiger partial charge in [-0.15, -0.1) is 11.3 Å². The minimum Gasteiger partial charge on any atom is -0.507 e. The molecule has 1 aliphatic heterocycles. The van der Waals surface area contributed by atoms with Gasteiger partial charge in [-0.25, -0.2) is 4.98 Å². The maximum absolute atomic E-state index is 13.3. The van der Waals surface area contributed by atoms with Gasteiger partial charge in [-0.3, -0.25) is 14.5 Å². The monoisotopic (exact) mass is 550 g/mol. The number of aliphatic hydroxyl groups is 1. The number of rotatable bonds is 4. The second-order valence-electron chi connectivity index (χ2n) is 7.26. The summed E-state index contributed by atoms with van der Waals surface area (Å²) >= 11 is 21.1. The molecule has 4 aromatic rings. The fourth-order valence-electron chi connectivity index (χ4n) is 3.82. The van der Waals surface area contributed by atoms with Crippen LogP contribution >= 0.6 is 57.5 Å². The molecule has 11 heteroatoms. The van der Waals surface area contributed by atoms with Crippen LogP contribution in [0.1, 0.15) is 16.5 Å². The number of carbonyl (C=O) groups excluding carboxylic acids is 2. The zero-order valence-electron chi connectivity index (χ0n) is 17.2. The predicted molar refractivity (Wildman–Crippen MR) is 137 cm³/mol. The van der Waals surface area contributed by atoms with Crippen molar-refractivity contribution in [2.45, 2.75) is 6.04 Å². The van der Waals surface area contributed by atoms with E-state index in [1.807, 2.05) is 5.38 Å². The van der Waals surface area contributed by atoms with E-state index >= 15 is 0 Å². The summed E-state index contributed by atoms with van der Waals surface area (Å²) in [6.07, 6.45) is 0. The number of benzene rings is 2. The molecular weight excluding hydrogens is 539 g/mol. The lowest BCUT2D eigenvalue weighted by Crippen LogP contribution is -2.28. The number of anilines is 1. The third kappa shape index (κ3) is 3.76. The van der Waals surface area contributed by atoms with Gasteiger partial charge in [0, 0.05) is 14.9 Å². The lowest BCUT2D eigenvalue weighted by molar-refractivity contribution is -0.132. The van der Waals surface area contributed by atoms with E-state index in [1.54, 1.807) is 30.3 Å². The average Bonchev–Trinajstić information content (AvgIpc) is 3.51. The number of amides is 1. The maximum atomic E-state index is 13.3. The van der Waals surface area contributed by atoms with E-state index in [2.05, 4.69) is 4.98 Å². The van der Waals surface area contributed by atoms with Crippen LogP contribution in [0, 0.1) is 0 Å². The zero-order chi connectivity index (χ0) is 24.1. The first kappa shape index (κ1) is 23.1. The molecule has 2 aromatic carbocycles. The third-order valence-electron chi connectivity index (χ3n) is 5.27. The number of Topliss-reactive ketones (excluding diaryl/α,β-unsaturated/α-hetero) is 1. The molecule has 1 atom stereocenters. The van der Waals surface area contributed by atoms with Gasteiger partial charge in [-0.2, -0.15) is 0 Å². The highest BCUT2D eigenvalue weighted by atomic mass is 35.5. The van der Waals surface area contributed by atoms with E-state index in [9.17, 15) is 14.7 Å². The van der Waals surface area contributed by atoms with Crippen LogP contribution < -0.4 is 9.64 Å². The standard InChI is InChI=1S/C23H13Cl3N2O4S2/c1-32-21-12(7-11(25)8-13(21)26)19(29)17-18(15-3-2-6-33-15)28(22(31)20(17)30)23-27-14-5-4-10(24)9-16(14)34-23/h2-9,18,29H,1H3/b19-17+. The normalized spacial score (nSPS) is 17.6. The van der Waals surface area contributed by atoms with Crippen molar-refractivity contribution < 1.29 is 19.4 Å². The van der Waals surface area contributed by atoms with Gasteiger partial charge in [-0.1, -0.05) is 52.2 Å². The highest BCUT2D eigenvalue weighted by molar-refractivity contribution is 7.22. The quantitative estimate of drug-likeness (QED) is 0.169. The molecule has 1 amide bonds. The van der Waals surface area contributed by atoms with Crippen LogP contribution in [-0.2, 0) is 9.59 Å². The van der Waals surface area contributed by atoms with E-state index in [0.717, 1.165) is 4.70 Å². The number of aromatic nitrogens is 1. The van der Waals surface area contributed by atoms with Gasteiger partial charge in [0.05, 0.1) is 33.5 Å². The Kier molecular flexibility index (Phi) is 6.03. The predicted octanol–water partition coefficient (Wildman–Crippen LogP) is 6.95. The molecule has 1 saturated heterocycles. The molecular formula is C23H13Cl3N2O4S2. The lowest BCUT2D eigenvalue weighted by atomic mass is 9.99. The molecule has 34 heavy (non-hydrogen) atoms. The van der Waals surface area contributed by atoms with Crippen LogP contribution in [-0.4, -0.2) is 28.9 Å². The average molecular weight is 552 g/mol. The number of nitrogens with zero attached hydrogens (tertiary/aromatic N) is 2. The van der Waals surface area contributed by atoms with Crippen molar-refractivity contribution >= 4 is 90.3 Å². The number of thiazole rings is 1. The first-order chi connectivity index (χ1) is 16.3. The first-order valence-electron chi connectivity index (χ1n) is 9.74. The molecule has 0 aliphatic carbocycles. The van der Waals surface area contributed by atoms with Gasteiger partial charge in [0.2, 0.25) is 0 Å². The molecule has 1 unspecified atom stereocenters. The highest BCUT2D eigenvalue weighted by Gasteiger charge is 2.49. The van der Waals surface area contributed by atoms with Crippen LogP contribution in [0.15, 0.2) is 53.4 Å². The molecule has 1 aliphatic rings. The van der Waals surface area contributed by atoms with Crippen LogP contribution in [0.5, 0.6) is 5.75 Å². The third-order valence-corrected chi connectivity index (χ3v) is 7.95. The van der Waals surface area contributed by atoms with Crippen molar-refractivity contribution in [3.63, 3.8) is 0 Å². The molecule has 0 radical (unpaired) electrons. The summed E-state index contributed by atoms with van der Waals surface area (Å²) in [6, 6.07) is 10.8. The van der Waals surface area contributed by atoms with Gasteiger partial charge in [0.15, 0.2) is 5.13 Å². The number of hydrogen-bond acceptors (Lipinski definition) is 7. The fourth-order valence-corrected chi connectivity index (χ4v) is 6.49. The summed E-state index contributed by atoms with van der Waals surface area (Å²) in [5.41, 5.74) is 0.636. The Morgan fingerprint density at radius 2 is 1.91 bits per heavy atom. The van der Waals surface area contributed by atoms with Crippen LogP contribution in [0.4, 0.5) is 5.13 Å². The Bertz CT molecular complexity index is 1500. The highest BCUT2D eigenvalue weighted by Crippen LogP contribution is 2.47. The smallest absolute Gasteiger partial charge is 0.301 e. The molecule has 3 heterocycles. The summed E-state index contributed by atoms with van der Waals surface area (Å²) in [4.78, 5) is 33.1. The molecule has 2 aromatic heterocycles. The number of ether oxygens (including phenoxy) is 1. The number of ketones is 1. The van der Waals surface area contributed by atoms with Crippen molar-refractivity contribution in [3.8, 4) is 5.75 Å². The van der Waals surface area contributed by atoms with Gasteiger partial charge < -0.3 is 9.84 Å². The van der Waals surface area contributed by atoms with Crippen LogP contribution in [0.2, 0.25) is 15.1 Å². The number of aliphatic hydroxyl groups excluding tert-OH is 1. The summed E-state index contributed by atoms with van der Waals surface area (Å²) in [7, 11) is 1.38. The van der Waals surface area contributed by atoms with Gasteiger partial charge in [0.1, 0.15) is 17.6 Å². The first-order valence-corrected chi connectivity index (χ1v) is 12.6. The Hall–Kier alpha value is -2.62. The van der Waals surface area contributed by atoms with Crippen molar-refractivity contribution in [3.05, 3.63) is 78.9 Å². The SMILES string of the molecule is COc1c(Cl)cc(Cl)cc1/C(O)=C1\C(=O)C(=O)N(c2nc3ccc(Cl)cc3s2)C1c1cccs1. The van der Waals surface area contributed by atoms with Crippen LogP contribution in [0.25, 0.3) is 16.0 Å². The molecule has 0 saturated carbocycles. The van der Waals surface area contributed by atoms with Crippen molar-refractivity contribution in [1.82, 2.24) is 4.98 Å². The number of methoxy groups -OCH3 is 1. The molecule has 5 rings (SSSR count). The Morgan fingerprint density at radius 3 is 2.62 bits per heavy atom. The Morgan fingerprint density at radius 1 is 1.12 bits per heavy atom. The number of thiophene rings is 1. The molecule has 172 valence electrons. The Balaban J connectivity index is 1.75. The molecule has 1 fully saturated rings. The lowest BCUT2D eigenvalue weighted by Gasteiger charge is -2.21. The molecule has 6 nitrogen and oxygen atoms in total. The van der Waals surface area contributed by atoms with Crippen LogP contribution in [0.3, 0.4) is 0 Å². The van der Waals surface area contributed by atoms with Gasteiger partial charge >= 0.3 is 5.91 Å². The van der Waals surface area contributed by atoms with Crippen molar-refractivity contribution in [2.24, 2.45) is 0 Å². The second kappa shape index (κ2) is 8.87. The van der Waals surface area contributed by atoms with Crippen molar-refractivity contribution in [1.29, 1.82) is 0 Å². The summed E-state index contributed by atoms with van der Waals surface area (Å²) in [5.74, 6) is -1.97. The zero-order valence-corrected chi connectivity index (χ0v) is 21.1. The molecule has 0 bridgehead atoms. The summed E-state index contributed by atoms with van der Waals surface area (Å²) in [6.45, 7) is 0. The van der Waals surface area contributed by atoms with E-state index in [0.29, 0.717) is 20.5 Å². The minimum absolute atomic E-state index is 0.107. The number of fused-ring (bicyclic) bond motifs is 1. The van der Waals surface area contributed by atoms with E-state index < -0.39 is 23.5 Å². The largest absolute Gasteiger partial charge is 0.507 e. The topological polar surface area (TPSA) is 79.7 Å². The van der Waals surface area contributed by atoms with Crippen molar-refractivity contribution in [2.75, 3.05) is 12.0 Å². The van der Waals surface area contributed by atoms with Gasteiger partial charge in [-0.05, 0) is 41.8 Å². The molecule has 1 N–H and O–H groups in total. The van der Waals surface area contributed by atoms with E-state index in [1.165, 1.54) is 46.8 Å². The molecule has 0 spiro atoms.